The van der Waals surface area contributed by atoms with Gasteiger partial charge >= 0.3 is 0 Å². The first kappa shape index (κ1) is 30.8. The van der Waals surface area contributed by atoms with Gasteiger partial charge < -0.3 is 14.2 Å². The van der Waals surface area contributed by atoms with Gasteiger partial charge in [-0.25, -0.2) is 0 Å². The van der Waals surface area contributed by atoms with Crippen LogP contribution in [0.1, 0.15) is 131 Å². The largest absolute Gasteiger partial charge is 0.381 e. The van der Waals surface area contributed by atoms with E-state index in [1.54, 1.807) is 0 Å². The highest BCUT2D eigenvalue weighted by Gasteiger charge is 2.53. The lowest BCUT2D eigenvalue weighted by Gasteiger charge is -2.57. The van der Waals surface area contributed by atoms with E-state index in [0.29, 0.717) is 27.1 Å². The second-order valence-electron chi connectivity index (χ2n) is 18.4. The van der Waals surface area contributed by atoms with Crippen molar-refractivity contribution in [3.8, 4) is 0 Å². The Morgan fingerprint density at radius 1 is 0.659 bits per heavy atom. The maximum Gasteiger partial charge on any atom is 0.0547 e. The number of rotatable bonds is 8. The molecule has 4 heteroatoms. The fourth-order valence-corrected chi connectivity index (χ4v) is 10.7. The Bertz CT molecular complexity index is 882. The molecule has 0 aromatic heterocycles. The molecule has 4 saturated heterocycles. The Balaban J connectivity index is 1.07. The molecular formula is C37H65NO3. The molecular weight excluding hydrogens is 506 g/mol. The Morgan fingerprint density at radius 3 is 1.85 bits per heavy atom. The number of hydrogen-bond donors (Lipinski definition) is 0. The van der Waals surface area contributed by atoms with Crippen LogP contribution in [0.5, 0.6) is 0 Å². The number of nitrogens with zero attached hydrogens (tertiary/aromatic N) is 1. The minimum Gasteiger partial charge on any atom is -0.381 e. The molecule has 6 fully saturated rings. The van der Waals surface area contributed by atoms with Gasteiger partial charge in [-0.15, -0.1) is 0 Å². The molecule has 6 aliphatic rings. The molecule has 0 aromatic carbocycles. The average Bonchev–Trinajstić information content (AvgIpc) is 3.56. The molecule has 4 aliphatic heterocycles. The predicted octanol–water partition coefficient (Wildman–Crippen LogP) is 8.52. The van der Waals surface area contributed by atoms with Gasteiger partial charge in [-0.05, 0) is 144 Å². The number of ether oxygens (including phenoxy) is 3. The van der Waals surface area contributed by atoms with Gasteiger partial charge in [0.2, 0.25) is 0 Å². The maximum atomic E-state index is 5.96. The first-order valence-electron chi connectivity index (χ1n) is 17.9. The molecule has 0 bridgehead atoms. The summed E-state index contributed by atoms with van der Waals surface area (Å²) in [5.74, 6) is 2.52. The highest BCUT2D eigenvalue weighted by molar-refractivity contribution is 5.04. The van der Waals surface area contributed by atoms with Gasteiger partial charge in [0.15, 0.2) is 0 Å². The molecule has 0 aromatic rings. The van der Waals surface area contributed by atoms with Crippen molar-refractivity contribution in [1.82, 2.24) is 4.90 Å². The molecule has 0 radical (unpaired) electrons. The molecule has 41 heavy (non-hydrogen) atoms. The Hall–Kier alpha value is -0.160. The molecule has 4 heterocycles. The van der Waals surface area contributed by atoms with Crippen LogP contribution in [0.25, 0.3) is 0 Å². The quantitative estimate of drug-likeness (QED) is 0.292. The third-order valence-corrected chi connectivity index (χ3v) is 14.5. The number of hydrogen-bond acceptors (Lipinski definition) is 4. The summed E-state index contributed by atoms with van der Waals surface area (Å²) in [5.41, 5.74) is 2.54. The van der Waals surface area contributed by atoms with Crippen molar-refractivity contribution >= 4 is 0 Å². The van der Waals surface area contributed by atoms with E-state index in [1.807, 2.05) is 0 Å². The van der Waals surface area contributed by atoms with Crippen LogP contribution in [0.3, 0.4) is 0 Å². The first-order chi connectivity index (χ1) is 19.4. The first-order valence-corrected chi connectivity index (χ1v) is 17.9. The predicted molar refractivity (Wildman–Crippen MR) is 168 cm³/mol. The maximum absolute atomic E-state index is 5.96. The van der Waals surface area contributed by atoms with Gasteiger partial charge in [-0.3, -0.25) is 4.90 Å². The van der Waals surface area contributed by atoms with Crippen molar-refractivity contribution in [2.75, 3.05) is 52.7 Å². The average molecular weight is 572 g/mol. The van der Waals surface area contributed by atoms with Crippen LogP contribution in [0.2, 0.25) is 0 Å². The summed E-state index contributed by atoms with van der Waals surface area (Å²) in [6, 6.07) is 0. The zero-order valence-electron chi connectivity index (χ0n) is 28.0. The highest BCUT2D eigenvalue weighted by Crippen LogP contribution is 2.57. The van der Waals surface area contributed by atoms with Gasteiger partial charge in [0, 0.05) is 36.1 Å². The van der Waals surface area contributed by atoms with E-state index in [0.717, 1.165) is 57.4 Å². The van der Waals surface area contributed by atoms with E-state index in [1.165, 1.54) is 103 Å². The van der Waals surface area contributed by atoms with Crippen LogP contribution in [0.4, 0.5) is 0 Å². The molecule has 0 amide bonds. The van der Waals surface area contributed by atoms with Gasteiger partial charge in [-0.1, -0.05) is 27.7 Å². The molecule has 3 spiro atoms. The third kappa shape index (κ3) is 6.21. The van der Waals surface area contributed by atoms with E-state index < -0.39 is 0 Å². The van der Waals surface area contributed by atoms with Gasteiger partial charge in [0.05, 0.1) is 26.4 Å². The van der Waals surface area contributed by atoms with Crippen LogP contribution < -0.4 is 0 Å². The highest BCUT2D eigenvalue weighted by atomic mass is 16.5. The van der Waals surface area contributed by atoms with Gasteiger partial charge in [0.25, 0.3) is 0 Å². The summed E-state index contributed by atoms with van der Waals surface area (Å²) in [6.45, 7) is 24.1. The molecule has 4 nitrogen and oxygen atoms in total. The van der Waals surface area contributed by atoms with Crippen molar-refractivity contribution in [2.24, 2.45) is 44.8 Å². The third-order valence-electron chi connectivity index (χ3n) is 14.5. The number of piperidine rings is 1. The van der Waals surface area contributed by atoms with E-state index >= 15 is 0 Å². The fourth-order valence-electron chi connectivity index (χ4n) is 10.7. The summed E-state index contributed by atoms with van der Waals surface area (Å²) in [4.78, 5) is 2.88. The minimum atomic E-state index is 0.250. The van der Waals surface area contributed by atoms with E-state index in [9.17, 15) is 0 Å². The number of likely N-dealkylation sites (tertiary alicyclic amines) is 1. The van der Waals surface area contributed by atoms with Crippen molar-refractivity contribution < 1.29 is 14.2 Å². The van der Waals surface area contributed by atoms with Crippen LogP contribution in [0, 0.1) is 44.8 Å². The monoisotopic (exact) mass is 571 g/mol. The second-order valence-corrected chi connectivity index (χ2v) is 18.4. The van der Waals surface area contributed by atoms with E-state index in [2.05, 4.69) is 46.4 Å². The fraction of sp³-hybridized carbons (Fsp3) is 1.00. The standard InChI is InChI=1S/C37H65NO3/c1-32(2,29-8-12-35(13-9-29)17-20-39-25-35)15-16-33(3,4)30-10-14-37(27-41-28-37)31(22-30)23-34(5,6)38-19-7-11-36(24-38)18-21-40-26-36/h29-31H,7-28H2,1-6H3. The lowest BCUT2D eigenvalue weighted by Crippen LogP contribution is -2.58. The van der Waals surface area contributed by atoms with Crippen LogP contribution in [-0.4, -0.2) is 63.2 Å². The lowest BCUT2D eigenvalue weighted by molar-refractivity contribution is -0.184. The van der Waals surface area contributed by atoms with E-state index in [4.69, 9.17) is 14.2 Å². The summed E-state index contributed by atoms with van der Waals surface area (Å²) < 4.78 is 17.7. The molecule has 3 atom stereocenters. The van der Waals surface area contributed by atoms with Crippen molar-refractivity contribution in [3.63, 3.8) is 0 Å². The Morgan fingerprint density at radius 2 is 1.27 bits per heavy atom. The normalized spacial score (nSPS) is 36.3. The Kier molecular flexibility index (Phi) is 8.52. The zero-order valence-corrected chi connectivity index (χ0v) is 28.0. The molecule has 0 N–H and O–H groups in total. The molecule has 2 aliphatic carbocycles. The smallest absolute Gasteiger partial charge is 0.0547 e. The van der Waals surface area contributed by atoms with Gasteiger partial charge in [-0.2, -0.15) is 0 Å². The van der Waals surface area contributed by atoms with Crippen LogP contribution in [0.15, 0.2) is 0 Å². The topological polar surface area (TPSA) is 30.9 Å². The molecule has 3 unspecified atom stereocenters. The zero-order chi connectivity index (χ0) is 29.0. The molecule has 6 rings (SSSR count). The molecule has 2 saturated carbocycles. The van der Waals surface area contributed by atoms with E-state index in [-0.39, 0.29) is 5.54 Å². The SMILES string of the molecule is CC(C)(CCC(C)(C)C1CCC2(COC2)C(CC(C)(C)N2CCCC3(CCOC3)C2)C1)C1CCC2(CCOC2)CC1. The van der Waals surface area contributed by atoms with Crippen molar-refractivity contribution in [3.05, 3.63) is 0 Å². The molecule has 236 valence electrons. The summed E-state index contributed by atoms with van der Waals surface area (Å²) in [5, 5.41) is 0. The Labute approximate surface area is 253 Å². The van der Waals surface area contributed by atoms with Crippen LogP contribution in [-0.2, 0) is 14.2 Å². The summed E-state index contributed by atoms with van der Waals surface area (Å²) in [7, 11) is 0. The summed E-state index contributed by atoms with van der Waals surface area (Å²) >= 11 is 0. The van der Waals surface area contributed by atoms with Gasteiger partial charge in [0.1, 0.15) is 0 Å². The summed E-state index contributed by atoms with van der Waals surface area (Å²) in [6.07, 6.45) is 19.2. The van der Waals surface area contributed by atoms with Crippen LogP contribution >= 0.6 is 0 Å². The van der Waals surface area contributed by atoms with Crippen molar-refractivity contribution in [1.29, 1.82) is 0 Å². The second kappa shape index (κ2) is 11.3. The lowest BCUT2D eigenvalue weighted by atomic mass is 9.54. The minimum absolute atomic E-state index is 0.250. The van der Waals surface area contributed by atoms with Crippen molar-refractivity contribution in [2.45, 2.75) is 137 Å².